The highest BCUT2D eigenvalue weighted by Crippen LogP contribution is 2.60. The molecule has 0 radical (unpaired) electrons. The van der Waals surface area contributed by atoms with Crippen LogP contribution in [0.4, 0.5) is 0 Å². The lowest BCUT2D eigenvalue weighted by molar-refractivity contribution is -0.150. The Hall–Kier alpha value is -1.95. The van der Waals surface area contributed by atoms with Crippen LogP contribution in [-0.4, -0.2) is 34.8 Å². The monoisotopic (exact) mass is 439 g/mol. The smallest absolute Gasteiger partial charge is 0.245 e. The van der Waals surface area contributed by atoms with Gasteiger partial charge in [0.15, 0.2) is 0 Å². The van der Waals surface area contributed by atoms with E-state index in [2.05, 4.69) is 16.4 Å². The number of amides is 2. The summed E-state index contributed by atoms with van der Waals surface area (Å²) in [6, 6.07) is 7.56. The van der Waals surface area contributed by atoms with E-state index in [-0.39, 0.29) is 23.1 Å². The summed E-state index contributed by atoms with van der Waals surface area (Å²) in [6.45, 7) is 4.51. The molecule has 0 aliphatic heterocycles. The van der Waals surface area contributed by atoms with E-state index >= 15 is 0 Å². The minimum absolute atomic E-state index is 0.0210. The van der Waals surface area contributed by atoms with Gasteiger partial charge in [0, 0.05) is 12.5 Å². The van der Waals surface area contributed by atoms with Crippen LogP contribution in [0.3, 0.4) is 0 Å². The summed E-state index contributed by atoms with van der Waals surface area (Å²) in [4.78, 5) is 33.3. The van der Waals surface area contributed by atoms with Gasteiger partial charge in [0.1, 0.15) is 11.0 Å². The lowest BCUT2D eigenvalue weighted by Crippen LogP contribution is -2.58. The van der Waals surface area contributed by atoms with Crippen molar-refractivity contribution in [1.82, 2.24) is 15.2 Å². The van der Waals surface area contributed by atoms with Gasteiger partial charge in [-0.1, -0.05) is 26.0 Å². The van der Waals surface area contributed by atoms with Crippen molar-refractivity contribution in [2.75, 3.05) is 7.05 Å². The number of para-hydroxylation sites is 1. The normalized spacial score (nSPS) is 30.0. The van der Waals surface area contributed by atoms with E-state index in [1.807, 2.05) is 39.1 Å². The van der Waals surface area contributed by atoms with Gasteiger partial charge in [0.25, 0.3) is 0 Å². The highest BCUT2D eigenvalue weighted by atomic mass is 32.1. The summed E-state index contributed by atoms with van der Waals surface area (Å²) in [7, 11) is 1.82. The lowest BCUT2D eigenvalue weighted by atomic mass is 9.49. The maximum atomic E-state index is 13.5. The molecule has 6 heteroatoms. The van der Waals surface area contributed by atoms with Crippen molar-refractivity contribution < 1.29 is 9.59 Å². The van der Waals surface area contributed by atoms with Crippen LogP contribution in [0.5, 0.6) is 0 Å². The Morgan fingerprint density at radius 2 is 1.74 bits per heavy atom. The second-order valence-corrected chi connectivity index (χ2v) is 11.8. The molecule has 6 rings (SSSR count). The summed E-state index contributed by atoms with van der Waals surface area (Å²) < 4.78 is 1.13. The molecular formula is C25H33N3O2S. The molecule has 4 bridgehead atoms. The first-order chi connectivity index (χ1) is 14.8. The quantitative estimate of drug-likeness (QED) is 0.715. The van der Waals surface area contributed by atoms with Gasteiger partial charge in [0.2, 0.25) is 11.8 Å². The van der Waals surface area contributed by atoms with Gasteiger partial charge in [-0.05, 0) is 74.3 Å². The lowest BCUT2D eigenvalue weighted by Gasteiger charge is -2.56. The molecule has 1 heterocycles. The molecule has 31 heavy (non-hydrogen) atoms. The fourth-order valence-corrected chi connectivity index (χ4v) is 7.72. The topological polar surface area (TPSA) is 62.3 Å². The van der Waals surface area contributed by atoms with Gasteiger partial charge in [-0.15, -0.1) is 11.3 Å². The van der Waals surface area contributed by atoms with Crippen molar-refractivity contribution >= 4 is 33.4 Å². The number of nitrogens with one attached hydrogen (secondary N) is 1. The van der Waals surface area contributed by atoms with E-state index in [0.29, 0.717) is 24.3 Å². The molecule has 4 saturated carbocycles. The highest BCUT2D eigenvalue weighted by Gasteiger charge is 2.55. The average Bonchev–Trinajstić information content (AvgIpc) is 3.12. The van der Waals surface area contributed by atoms with Crippen LogP contribution in [0, 0.1) is 29.1 Å². The Labute approximate surface area is 188 Å². The molecule has 2 amide bonds. The third-order valence-corrected chi connectivity index (χ3v) is 8.85. The number of likely N-dealkylation sites (N-methyl/N-ethyl adjacent to an activating group) is 1. The first-order valence-electron chi connectivity index (χ1n) is 11.7. The standard InChI is InChI=1S/C25H33N3O2S/c1-15(2)22(23(29)28(3)14-21-26-19-6-4-5-7-20(19)31-21)27-24(30)25-11-16-8-17(12-25)10-18(9-16)13-25/h4-7,15-18,22H,8-14H2,1-3H3,(H,27,30). The zero-order valence-electron chi connectivity index (χ0n) is 18.8. The van der Waals surface area contributed by atoms with E-state index < -0.39 is 6.04 Å². The summed E-state index contributed by atoms with van der Waals surface area (Å²) in [5.41, 5.74) is 0.743. The number of carbonyl (C=O) groups excluding carboxylic acids is 2. The largest absolute Gasteiger partial charge is 0.344 e. The van der Waals surface area contributed by atoms with Gasteiger partial charge in [0.05, 0.1) is 16.8 Å². The molecule has 4 aliphatic rings. The van der Waals surface area contributed by atoms with Crippen LogP contribution < -0.4 is 5.32 Å². The Bertz CT molecular complexity index is 929. The summed E-state index contributed by atoms with van der Waals surface area (Å²) in [5.74, 6) is 2.30. The zero-order chi connectivity index (χ0) is 21.8. The molecule has 1 aromatic carbocycles. The molecular weight excluding hydrogens is 406 g/mol. The molecule has 4 fully saturated rings. The van der Waals surface area contributed by atoms with Crippen LogP contribution in [0.25, 0.3) is 10.2 Å². The summed E-state index contributed by atoms with van der Waals surface area (Å²) in [6.07, 6.45) is 6.99. The van der Waals surface area contributed by atoms with E-state index in [0.717, 1.165) is 34.5 Å². The van der Waals surface area contributed by atoms with Crippen LogP contribution in [0.15, 0.2) is 24.3 Å². The Balaban J connectivity index is 1.28. The fraction of sp³-hybridized carbons (Fsp3) is 0.640. The fourth-order valence-electron chi connectivity index (χ4n) is 6.70. The number of fused-ring (bicyclic) bond motifs is 1. The van der Waals surface area contributed by atoms with Crippen LogP contribution in [-0.2, 0) is 16.1 Å². The van der Waals surface area contributed by atoms with Crippen molar-refractivity contribution in [2.45, 2.75) is 65.0 Å². The van der Waals surface area contributed by atoms with Crippen molar-refractivity contribution in [1.29, 1.82) is 0 Å². The summed E-state index contributed by atoms with van der Waals surface area (Å²) in [5, 5.41) is 4.14. The van der Waals surface area contributed by atoms with Crippen molar-refractivity contribution in [3.05, 3.63) is 29.3 Å². The molecule has 2 aromatic rings. The van der Waals surface area contributed by atoms with E-state index in [1.54, 1.807) is 16.2 Å². The van der Waals surface area contributed by atoms with E-state index in [4.69, 9.17) is 0 Å². The van der Waals surface area contributed by atoms with Gasteiger partial charge >= 0.3 is 0 Å². The molecule has 4 aliphatic carbocycles. The van der Waals surface area contributed by atoms with Crippen LogP contribution >= 0.6 is 11.3 Å². The van der Waals surface area contributed by atoms with Crippen LogP contribution in [0.2, 0.25) is 0 Å². The Kier molecular flexibility index (Phi) is 5.32. The molecule has 1 aromatic heterocycles. The maximum Gasteiger partial charge on any atom is 0.245 e. The number of carbonyl (C=O) groups is 2. The van der Waals surface area contributed by atoms with E-state index in [1.165, 1.54) is 19.3 Å². The number of nitrogens with zero attached hydrogens (tertiary/aromatic N) is 2. The van der Waals surface area contributed by atoms with Crippen LogP contribution in [0.1, 0.15) is 57.4 Å². The second-order valence-electron chi connectivity index (χ2n) is 10.7. The van der Waals surface area contributed by atoms with Gasteiger partial charge in [-0.3, -0.25) is 9.59 Å². The molecule has 1 atom stereocenters. The zero-order valence-corrected chi connectivity index (χ0v) is 19.6. The van der Waals surface area contributed by atoms with Crippen molar-refractivity contribution in [3.63, 3.8) is 0 Å². The molecule has 1 N–H and O–H groups in total. The number of aromatic nitrogens is 1. The molecule has 0 spiro atoms. The van der Waals surface area contributed by atoms with Gasteiger partial charge in [-0.25, -0.2) is 4.98 Å². The SMILES string of the molecule is CC(C)C(NC(=O)C12CC3CC(CC(C3)C1)C2)C(=O)N(C)Cc1nc2ccccc2s1. The highest BCUT2D eigenvalue weighted by molar-refractivity contribution is 7.18. The van der Waals surface area contributed by atoms with Crippen molar-refractivity contribution in [2.24, 2.45) is 29.1 Å². The molecule has 5 nitrogen and oxygen atoms in total. The van der Waals surface area contributed by atoms with Gasteiger partial charge < -0.3 is 10.2 Å². The number of benzene rings is 1. The minimum Gasteiger partial charge on any atom is -0.344 e. The number of rotatable bonds is 6. The Morgan fingerprint density at radius 3 is 2.32 bits per heavy atom. The molecule has 1 unspecified atom stereocenters. The first kappa shape index (κ1) is 20.9. The van der Waals surface area contributed by atoms with Crippen molar-refractivity contribution in [3.8, 4) is 0 Å². The third kappa shape index (κ3) is 3.88. The predicted molar refractivity (Wildman–Crippen MR) is 123 cm³/mol. The number of hydrogen-bond donors (Lipinski definition) is 1. The maximum absolute atomic E-state index is 13.5. The third-order valence-electron chi connectivity index (χ3n) is 7.83. The molecule has 166 valence electrons. The first-order valence-corrected chi connectivity index (χ1v) is 12.5. The number of thiazole rings is 1. The predicted octanol–water partition coefficient (Wildman–Crippen LogP) is 4.61. The minimum atomic E-state index is -0.486. The second kappa shape index (κ2) is 7.88. The van der Waals surface area contributed by atoms with E-state index in [9.17, 15) is 9.59 Å². The molecule has 0 saturated heterocycles. The number of hydrogen-bond acceptors (Lipinski definition) is 4. The Morgan fingerprint density at radius 1 is 1.13 bits per heavy atom. The van der Waals surface area contributed by atoms with Gasteiger partial charge in [-0.2, -0.15) is 0 Å². The average molecular weight is 440 g/mol. The summed E-state index contributed by atoms with van der Waals surface area (Å²) >= 11 is 1.62.